The summed E-state index contributed by atoms with van der Waals surface area (Å²) in [6.45, 7) is 0.864. The molecule has 0 bridgehead atoms. The molecular formula is C17H23FN2O3S. The molecule has 2 aliphatic heterocycles. The average Bonchev–Trinajstić information content (AvgIpc) is 3.13. The van der Waals surface area contributed by atoms with Crippen LogP contribution in [0.25, 0.3) is 0 Å². The van der Waals surface area contributed by atoms with Crippen LogP contribution in [0.4, 0.5) is 4.39 Å². The molecule has 0 aliphatic carbocycles. The van der Waals surface area contributed by atoms with Crippen LogP contribution < -0.4 is 0 Å². The zero-order valence-electron chi connectivity index (χ0n) is 13.8. The van der Waals surface area contributed by atoms with Gasteiger partial charge in [-0.3, -0.25) is 9.69 Å². The van der Waals surface area contributed by atoms with Gasteiger partial charge in [0.25, 0.3) is 0 Å². The van der Waals surface area contributed by atoms with E-state index >= 15 is 0 Å². The summed E-state index contributed by atoms with van der Waals surface area (Å²) in [6.07, 6.45) is 2.31. The van der Waals surface area contributed by atoms with Gasteiger partial charge in [0, 0.05) is 12.6 Å². The molecule has 0 saturated carbocycles. The normalized spacial score (nSPS) is 26.2. The van der Waals surface area contributed by atoms with E-state index in [2.05, 4.69) is 0 Å². The van der Waals surface area contributed by atoms with Crippen molar-refractivity contribution >= 4 is 15.7 Å². The fraction of sp³-hybridized carbons (Fsp3) is 0.588. The lowest BCUT2D eigenvalue weighted by molar-refractivity contribution is -0.133. The molecule has 5 nitrogen and oxygen atoms in total. The second-order valence-corrected chi connectivity index (χ2v) is 9.00. The molecule has 0 N–H and O–H groups in total. The third-order valence-electron chi connectivity index (χ3n) is 5.02. The fourth-order valence-electron chi connectivity index (χ4n) is 3.68. The first-order chi connectivity index (χ1) is 11.4. The SMILES string of the molecule is CN(CC(=O)N1CCCC1c1cccc(F)c1)C1CCS(=O)(=O)C1. The van der Waals surface area contributed by atoms with E-state index in [-0.39, 0.29) is 41.9 Å². The maximum Gasteiger partial charge on any atom is 0.237 e. The van der Waals surface area contributed by atoms with Crippen LogP contribution in [0.2, 0.25) is 0 Å². The minimum atomic E-state index is -2.96. The Hall–Kier alpha value is -1.47. The Bertz CT molecular complexity index is 722. The minimum Gasteiger partial charge on any atom is -0.335 e. The summed E-state index contributed by atoms with van der Waals surface area (Å²) < 4.78 is 36.7. The van der Waals surface area contributed by atoms with Crippen molar-refractivity contribution in [3.8, 4) is 0 Å². The van der Waals surface area contributed by atoms with Crippen molar-refractivity contribution in [3.05, 3.63) is 35.6 Å². The van der Waals surface area contributed by atoms with Gasteiger partial charge in [0.2, 0.25) is 5.91 Å². The van der Waals surface area contributed by atoms with E-state index in [9.17, 15) is 17.6 Å². The maximum absolute atomic E-state index is 13.5. The highest BCUT2D eigenvalue weighted by molar-refractivity contribution is 7.91. The largest absolute Gasteiger partial charge is 0.335 e. The molecular weight excluding hydrogens is 331 g/mol. The van der Waals surface area contributed by atoms with Gasteiger partial charge in [-0.1, -0.05) is 12.1 Å². The van der Waals surface area contributed by atoms with Crippen LogP contribution in [-0.2, 0) is 14.6 Å². The van der Waals surface area contributed by atoms with Gasteiger partial charge < -0.3 is 4.90 Å². The molecule has 1 aromatic carbocycles. The molecule has 0 radical (unpaired) electrons. The molecule has 24 heavy (non-hydrogen) atoms. The van der Waals surface area contributed by atoms with Gasteiger partial charge >= 0.3 is 0 Å². The summed E-state index contributed by atoms with van der Waals surface area (Å²) in [6, 6.07) is 6.24. The number of carbonyl (C=O) groups excluding carboxylic acids is 1. The van der Waals surface area contributed by atoms with Crippen molar-refractivity contribution in [2.75, 3.05) is 31.6 Å². The second kappa shape index (κ2) is 6.80. The number of nitrogens with zero attached hydrogens (tertiary/aromatic N) is 2. The molecule has 2 fully saturated rings. The number of likely N-dealkylation sites (tertiary alicyclic amines) is 1. The first-order valence-electron chi connectivity index (χ1n) is 8.31. The monoisotopic (exact) mass is 354 g/mol. The lowest BCUT2D eigenvalue weighted by Crippen LogP contribution is -2.43. The van der Waals surface area contributed by atoms with E-state index < -0.39 is 9.84 Å². The van der Waals surface area contributed by atoms with Gasteiger partial charge in [-0.15, -0.1) is 0 Å². The Kier molecular flexibility index (Phi) is 4.92. The van der Waals surface area contributed by atoms with Gasteiger partial charge in [-0.05, 0) is 44.0 Å². The molecule has 132 valence electrons. The fourth-order valence-corrected chi connectivity index (χ4v) is 5.49. The van der Waals surface area contributed by atoms with Crippen molar-refractivity contribution in [3.63, 3.8) is 0 Å². The van der Waals surface area contributed by atoms with Gasteiger partial charge in [0.05, 0.1) is 24.1 Å². The van der Waals surface area contributed by atoms with Crippen LogP contribution in [0.3, 0.4) is 0 Å². The van der Waals surface area contributed by atoms with Crippen LogP contribution in [0.1, 0.15) is 30.9 Å². The van der Waals surface area contributed by atoms with E-state index in [0.717, 1.165) is 18.4 Å². The molecule has 2 unspecified atom stereocenters. The summed E-state index contributed by atoms with van der Waals surface area (Å²) in [5.74, 6) is 0.0179. The first kappa shape index (κ1) is 17.4. The molecule has 2 heterocycles. The number of amides is 1. The molecule has 1 amide bonds. The summed E-state index contributed by atoms with van der Waals surface area (Å²) >= 11 is 0. The van der Waals surface area contributed by atoms with Crippen LogP contribution >= 0.6 is 0 Å². The predicted octanol–water partition coefficient (Wildman–Crippen LogP) is 1.61. The zero-order valence-corrected chi connectivity index (χ0v) is 14.6. The molecule has 2 saturated heterocycles. The van der Waals surface area contributed by atoms with Gasteiger partial charge in [-0.2, -0.15) is 0 Å². The maximum atomic E-state index is 13.5. The Morgan fingerprint density at radius 3 is 2.83 bits per heavy atom. The van der Waals surface area contributed by atoms with E-state index in [4.69, 9.17) is 0 Å². The highest BCUT2D eigenvalue weighted by Crippen LogP contribution is 2.32. The third-order valence-corrected chi connectivity index (χ3v) is 6.77. The lowest BCUT2D eigenvalue weighted by atomic mass is 10.0. The van der Waals surface area contributed by atoms with E-state index in [1.807, 2.05) is 11.0 Å². The molecule has 0 spiro atoms. The van der Waals surface area contributed by atoms with Crippen LogP contribution in [0.15, 0.2) is 24.3 Å². The summed E-state index contributed by atoms with van der Waals surface area (Å²) in [5.41, 5.74) is 0.826. The summed E-state index contributed by atoms with van der Waals surface area (Å²) in [7, 11) is -1.16. The Morgan fingerprint density at radius 1 is 1.38 bits per heavy atom. The number of carbonyl (C=O) groups is 1. The molecule has 0 aromatic heterocycles. The van der Waals surface area contributed by atoms with Crippen molar-refractivity contribution in [1.29, 1.82) is 0 Å². The standard InChI is InChI=1S/C17H23FN2O3S/c1-19(15-7-9-24(22,23)12-15)11-17(21)20-8-3-6-16(20)13-4-2-5-14(18)10-13/h2,4-5,10,15-16H,3,6-9,11-12H2,1H3. The predicted molar refractivity (Wildman–Crippen MR) is 89.8 cm³/mol. The molecule has 2 atom stereocenters. The number of hydrogen-bond acceptors (Lipinski definition) is 4. The first-order valence-corrected chi connectivity index (χ1v) is 10.1. The number of sulfone groups is 1. The Balaban J connectivity index is 1.65. The number of likely N-dealkylation sites (N-methyl/N-ethyl adjacent to an activating group) is 1. The second-order valence-electron chi connectivity index (χ2n) is 6.77. The Morgan fingerprint density at radius 2 is 2.17 bits per heavy atom. The highest BCUT2D eigenvalue weighted by Gasteiger charge is 2.34. The number of rotatable bonds is 4. The van der Waals surface area contributed by atoms with E-state index in [1.54, 1.807) is 18.0 Å². The molecule has 1 aromatic rings. The van der Waals surface area contributed by atoms with Gasteiger partial charge in [0.15, 0.2) is 9.84 Å². The smallest absolute Gasteiger partial charge is 0.237 e. The van der Waals surface area contributed by atoms with Gasteiger partial charge in [0.1, 0.15) is 5.82 Å². The summed E-state index contributed by atoms with van der Waals surface area (Å²) in [4.78, 5) is 16.3. The molecule has 3 rings (SSSR count). The van der Waals surface area contributed by atoms with Crippen LogP contribution in [0, 0.1) is 5.82 Å². The number of hydrogen-bond donors (Lipinski definition) is 0. The van der Waals surface area contributed by atoms with Crippen LogP contribution in [0.5, 0.6) is 0 Å². The lowest BCUT2D eigenvalue weighted by Gasteiger charge is -2.29. The van der Waals surface area contributed by atoms with Gasteiger partial charge in [-0.25, -0.2) is 12.8 Å². The van der Waals surface area contributed by atoms with Crippen molar-refractivity contribution < 1.29 is 17.6 Å². The molecule has 7 heteroatoms. The van der Waals surface area contributed by atoms with E-state index in [1.165, 1.54) is 12.1 Å². The Labute approximate surface area is 142 Å². The van der Waals surface area contributed by atoms with Crippen molar-refractivity contribution in [1.82, 2.24) is 9.80 Å². The molecule has 2 aliphatic rings. The highest BCUT2D eigenvalue weighted by atomic mass is 32.2. The zero-order chi connectivity index (χ0) is 17.3. The van der Waals surface area contributed by atoms with Crippen molar-refractivity contribution in [2.45, 2.75) is 31.3 Å². The topological polar surface area (TPSA) is 57.7 Å². The van der Waals surface area contributed by atoms with Crippen molar-refractivity contribution in [2.24, 2.45) is 0 Å². The summed E-state index contributed by atoms with van der Waals surface area (Å²) in [5, 5.41) is 0. The third kappa shape index (κ3) is 3.78. The van der Waals surface area contributed by atoms with Crippen LogP contribution in [-0.4, -0.2) is 61.8 Å². The van der Waals surface area contributed by atoms with E-state index in [0.29, 0.717) is 13.0 Å². The minimum absolute atomic E-state index is 0.0199. The number of halogens is 1. The number of benzene rings is 1. The average molecular weight is 354 g/mol. The quantitative estimate of drug-likeness (QED) is 0.824.